The van der Waals surface area contributed by atoms with Gasteiger partial charge < -0.3 is 14.8 Å². The third-order valence-corrected chi connectivity index (χ3v) is 5.06. The molecule has 3 heterocycles. The number of carbonyl (C=O) groups is 1. The van der Waals surface area contributed by atoms with Crippen molar-refractivity contribution in [1.29, 1.82) is 0 Å². The van der Waals surface area contributed by atoms with Crippen molar-refractivity contribution in [3.05, 3.63) is 66.4 Å². The summed E-state index contributed by atoms with van der Waals surface area (Å²) in [5, 5.41) is 13.2. The highest BCUT2D eigenvalue weighted by Crippen LogP contribution is 2.19. The first-order valence-corrected chi connectivity index (χ1v) is 9.25. The van der Waals surface area contributed by atoms with Gasteiger partial charge in [-0.25, -0.2) is 0 Å². The van der Waals surface area contributed by atoms with Gasteiger partial charge in [-0.2, -0.15) is 4.68 Å². The Bertz CT molecular complexity index is 1080. The smallest absolute Gasteiger partial charge is 0.270 e. The number of aromatic nitrogens is 5. The van der Waals surface area contributed by atoms with Crippen molar-refractivity contribution in [2.45, 2.75) is 0 Å². The number of nitrogens with zero attached hydrogens (tertiary/aromatic N) is 6. The van der Waals surface area contributed by atoms with Gasteiger partial charge >= 0.3 is 0 Å². The predicted octanol–water partition coefficient (Wildman–Crippen LogP) is 2.11. The number of tetrazole rings is 1. The van der Waals surface area contributed by atoms with Crippen LogP contribution in [0.3, 0.4) is 0 Å². The zero-order valence-electron chi connectivity index (χ0n) is 15.2. The third kappa shape index (κ3) is 2.88. The van der Waals surface area contributed by atoms with Crippen LogP contribution in [0.5, 0.6) is 0 Å². The molecule has 4 aromatic rings. The van der Waals surface area contributed by atoms with E-state index in [1.54, 1.807) is 4.68 Å². The Hall–Kier alpha value is -3.68. The van der Waals surface area contributed by atoms with E-state index in [-0.39, 0.29) is 5.91 Å². The number of H-pyrrole nitrogens is 1. The summed E-state index contributed by atoms with van der Waals surface area (Å²) in [5.74, 6) is 0.724. The van der Waals surface area contributed by atoms with Crippen LogP contribution < -0.4 is 4.90 Å². The van der Waals surface area contributed by atoms with Crippen LogP contribution in [-0.2, 0) is 0 Å². The average molecular weight is 373 g/mol. The molecular formula is C20H19N7O. The molecule has 0 aliphatic carbocycles. The molecule has 2 aromatic carbocycles. The fourth-order valence-electron chi connectivity index (χ4n) is 3.58. The van der Waals surface area contributed by atoms with Crippen LogP contribution in [0.15, 0.2) is 60.7 Å². The van der Waals surface area contributed by atoms with Crippen molar-refractivity contribution in [2.75, 3.05) is 31.1 Å². The van der Waals surface area contributed by atoms with Gasteiger partial charge in [0.05, 0.1) is 5.69 Å². The topological polar surface area (TPSA) is 82.9 Å². The van der Waals surface area contributed by atoms with Gasteiger partial charge in [-0.05, 0) is 34.7 Å². The summed E-state index contributed by atoms with van der Waals surface area (Å²) >= 11 is 0. The standard InChI is InChI=1S/C20H19N7O/c28-19(18-14-15-6-4-5-9-17(15)21-18)25-10-12-26(13-11-25)20-22-23-24-27(20)16-7-2-1-3-8-16/h1-9,14,21H,10-13H2. The Morgan fingerprint density at radius 2 is 1.68 bits per heavy atom. The van der Waals surface area contributed by atoms with Crippen LogP contribution >= 0.6 is 0 Å². The minimum Gasteiger partial charge on any atom is -0.351 e. The number of hydrogen-bond donors (Lipinski definition) is 1. The first-order valence-electron chi connectivity index (χ1n) is 9.25. The molecule has 140 valence electrons. The number of aromatic amines is 1. The summed E-state index contributed by atoms with van der Waals surface area (Å²) in [6, 6.07) is 19.6. The number of fused-ring (bicyclic) bond motifs is 1. The molecule has 1 amide bonds. The van der Waals surface area contributed by atoms with Crippen molar-refractivity contribution < 1.29 is 4.79 Å². The summed E-state index contributed by atoms with van der Waals surface area (Å²) in [4.78, 5) is 20.1. The molecule has 1 aliphatic rings. The molecular weight excluding hydrogens is 354 g/mol. The van der Waals surface area contributed by atoms with E-state index >= 15 is 0 Å². The van der Waals surface area contributed by atoms with Crippen molar-refractivity contribution in [1.82, 2.24) is 30.1 Å². The lowest BCUT2D eigenvalue weighted by atomic mass is 10.2. The van der Waals surface area contributed by atoms with Gasteiger partial charge in [-0.3, -0.25) is 4.79 Å². The second kappa shape index (κ2) is 6.80. The highest BCUT2D eigenvalue weighted by Gasteiger charge is 2.26. The quantitative estimate of drug-likeness (QED) is 0.595. The molecule has 28 heavy (non-hydrogen) atoms. The van der Waals surface area contributed by atoms with Gasteiger partial charge in [0.1, 0.15) is 5.69 Å². The Morgan fingerprint density at radius 3 is 2.46 bits per heavy atom. The van der Waals surface area contributed by atoms with E-state index < -0.39 is 0 Å². The highest BCUT2D eigenvalue weighted by atomic mass is 16.2. The molecule has 8 nitrogen and oxygen atoms in total. The summed E-state index contributed by atoms with van der Waals surface area (Å²) in [6.45, 7) is 2.60. The number of rotatable bonds is 3. The molecule has 5 rings (SSSR count). The van der Waals surface area contributed by atoms with Crippen molar-refractivity contribution in [2.24, 2.45) is 0 Å². The summed E-state index contributed by atoms with van der Waals surface area (Å²) < 4.78 is 1.73. The number of hydrogen-bond acceptors (Lipinski definition) is 5. The molecule has 0 bridgehead atoms. The fraction of sp³-hybridized carbons (Fsp3) is 0.200. The van der Waals surface area contributed by atoms with Crippen molar-refractivity contribution in [3.63, 3.8) is 0 Å². The van der Waals surface area contributed by atoms with Crippen LogP contribution in [0.4, 0.5) is 5.95 Å². The van der Waals surface area contributed by atoms with Crippen LogP contribution in [0.2, 0.25) is 0 Å². The lowest BCUT2D eigenvalue weighted by Crippen LogP contribution is -2.49. The lowest BCUT2D eigenvalue weighted by Gasteiger charge is -2.34. The van der Waals surface area contributed by atoms with E-state index in [0.717, 1.165) is 16.6 Å². The number of para-hydroxylation sites is 2. The predicted molar refractivity (Wildman–Crippen MR) is 106 cm³/mol. The van der Waals surface area contributed by atoms with E-state index in [2.05, 4.69) is 25.4 Å². The van der Waals surface area contributed by atoms with E-state index in [9.17, 15) is 4.79 Å². The zero-order chi connectivity index (χ0) is 18.9. The zero-order valence-corrected chi connectivity index (χ0v) is 15.2. The van der Waals surface area contributed by atoms with Gasteiger partial charge in [0.15, 0.2) is 0 Å². The number of carbonyl (C=O) groups excluding carboxylic acids is 1. The molecule has 0 unspecified atom stereocenters. The highest BCUT2D eigenvalue weighted by molar-refractivity contribution is 5.98. The average Bonchev–Trinajstić information content (AvgIpc) is 3.41. The molecule has 0 saturated carbocycles. The number of nitrogens with one attached hydrogen (secondary N) is 1. The lowest BCUT2D eigenvalue weighted by molar-refractivity contribution is 0.0741. The van der Waals surface area contributed by atoms with Gasteiger partial charge in [0.2, 0.25) is 5.95 Å². The maximum atomic E-state index is 12.9. The van der Waals surface area contributed by atoms with Crippen molar-refractivity contribution >= 4 is 22.8 Å². The second-order valence-corrected chi connectivity index (χ2v) is 6.78. The molecule has 1 aliphatic heterocycles. The van der Waals surface area contributed by atoms with Gasteiger partial charge in [0.25, 0.3) is 5.91 Å². The normalized spacial score (nSPS) is 14.6. The first-order chi connectivity index (χ1) is 13.8. The SMILES string of the molecule is O=C(c1cc2ccccc2[nH]1)N1CCN(c2nnnn2-c2ccccc2)CC1. The fourth-order valence-corrected chi connectivity index (χ4v) is 3.58. The maximum absolute atomic E-state index is 12.9. The number of anilines is 1. The molecule has 0 atom stereocenters. The van der Waals surface area contributed by atoms with E-state index in [0.29, 0.717) is 37.8 Å². The summed E-state index contributed by atoms with van der Waals surface area (Å²) in [5.41, 5.74) is 2.52. The van der Waals surface area contributed by atoms with Crippen LogP contribution in [-0.4, -0.2) is 62.2 Å². The second-order valence-electron chi connectivity index (χ2n) is 6.78. The van der Waals surface area contributed by atoms with E-state index in [1.165, 1.54) is 0 Å². The third-order valence-electron chi connectivity index (χ3n) is 5.06. The Kier molecular flexibility index (Phi) is 4.01. The number of amides is 1. The molecule has 0 spiro atoms. The molecule has 1 saturated heterocycles. The molecule has 1 fully saturated rings. The summed E-state index contributed by atoms with van der Waals surface area (Å²) in [7, 11) is 0. The van der Waals surface area contributed by atoms with Gasteiger partial charge in [-0.1, -0.05) is 41.5 Å². The van der Waals surface area contributed by atoms with E-state index in [1.807, 2.05) is 65.6 Å². The Balaban J connectivity index is 1.31. The van der Waals surface area contributed by atoms with Crippen LogP contribution in [0, 0.1) is 0 Å². The molecule has 0 radical (unpaired) electrons. The van der Waals surface area contributed by atoms with Crippen molar-refractivity contribution in [3.8, 4) is 5.69 Å². The molecule has 2 aromatic heterocycles. The molecule has 1 N–H and O–H groups in total. The Labute approximate surface area is 161 Å². The van der Waals surface area contributed by atoms with Gasteiger partial charge in [-0.15, -0.1) is 0 Å². The number of benzene rings is 2. The monoisotopic (exact) mass is 373 g/mol. The summed E-state index contributed by atoms with van der Waals surface area (Å²) in [6.07, 6.45) is 0. The minimum atomic E-state index is 0.0264. The van der Waals surface area contributed by atoms with Gasteiger partial charge in [0, 0.05) is 37.1 Å². The maximum Gasteiger partial charge on any atom is 0.270 e. The minimum absolute atomic E-state index is 0.0264. The Morgan fingerprint density at radius 1 is 0.929 bits per heavy atom. The van der Waals surface area contributed by atoms with Crippen LogP contribution in [0.25, 0.3) is 16.6 Å². The number of piperazine rings is 1. The van der Waals surface area contributed by atoms with E-state index in [4.69, 9.17) is 0 Å². The van der Waals surface area contributed by atoms with Crippen LogP contribution in [0.1, 0.15) is 10.5 Å². The largest absolute Gasteiger partial charge is 0.351 e. The molecule has 8 heteroatoms. The first kappa shape index (κ1) is 16.5.